The van der Waals surface area contributed by atoms with Crippen molar-refractivity contribution in [3.05, 3.63) is 35.9 Å². The molecular weight excluding hydrogens is 266 g/mol. The van der Waals surface area contributed by atoms with Gasteiger partial charge in [-0.2, -0.15) is 0 Å². The highest BCUT2D eigenvalue weighted by Gasteiger charge is 2.30. The molecule has 0 bridgehead atoms. The number of ether oxygens (including phenoxy) is 1. The first-order chi connectivity index (χ1) is 10.2. The van der Waals surface area contributed by atoms with Crippen LogP contribution in [-0.4, -0.2) is 41.3 Å². The Kier molecular flexibility index (Phi) is 6.21. The predicted molar refractivity (Wildman–Crippen MR) is 81.7 cm³/mol. The highest BCUT2D eigenvalue weighted by Crippen LogP contribution is 2.28. The second-order valence-corrected chi connectivity index (χ2v) is 5.73. The summed E-state index contributed by atoms with van der Waals surface area (Å²) in [6.07, 6.45) is 2.96. The summed E-state index contributed by atoms with van der Waals surface area (Å²) >= 11 is 0. The number of aliphatic hydroxyl groups is 1. The Morgan fingerprint density at radius 3 is 2.71 bits per heavy atom. The van der Waals surface area contributed by atoms with E-state index < -0.39 is 6.10 Å². The highest BCUT2D eigenvalue weighted by molar-refractivity contribution is 5.69. The van der Waals surface area contributed by atoms with Gasteiger partial charge in [-0.15, -0.1) is 0 Å². The molecule has 0 aliphatic heterocycles. The zero-order valence-electron chi connectivity index (χ0n) is 12.7. The molecule has 116 valence electrons. The van der Waals surface area contributed by atoms with E-state index in [2.05, 4.69) is 17.0 Å². The molecule has 21 heavy (non-hydrogen) atoms. The summed E-state index contributed by atoms with van der Waals surface area (Å²) in [6, 6.07) is 10.8. The summed E-state index contributed by atoms with van der Waals surface area (Å²) in [5.74, 6) is -0.224. The normalized spacial score (nSPS) is 16.0. The molecule has 0 saturated heterocycles. The lowest BCUT2D eigenvalue weighted by molar-refractivity contribution is -0.147. The number of carbonyl (C=O) groups is 1. The van der Waals surface area contributed by atoms with Crippen molar-refractivity contribution in [2.24, 2.45) is 0 Å². The van der Waals surface area contributed by atoms with Crippen LogP contribution >= 0.6 is 0 Å². The third kappa shape index (κ3) is 5.86. The van der Waals surface area contributed by atoms with Gasteiger partial charge in [-0.25, -0.2) is 0 Å². The maximum atomic E-state index is 11.3. The van der Waals surface area contributed by atoms with Gasteiger partial charge < -0.3 is 9.84 Å². The molecule has 0 radical (unpaired) electrons. The molecule has 2 rings (SSSR count). The number of nitrogens with zero attached hydrogens (tertiary/aromatic N) is 1. The lowest BCUT2D eigenvalue weighted by Gasteiger charge is -2.25. The van der Waals surface area contributed by atoms with Gasteiger partial charge in [-0.3, -0.25) is 9.69 Å². The first-order valence-electron chi connectivity index (χ1n) is 7.80. The second kappa shape index (κ2) is 8.15. The maximum absolute atomic E-state index is 11.3. The second-order valence-electron chi connectivity index (χ2n) is 5.73. The van der Waals surface area contributed by atoms with Crippen LogP contribution in [0.15, 0.2) is 30.3 Å². The molecule has 0 amide bonds. The van der Waals surface area contributed by atoms with Gasteiger partial charge in [-0.1, -0.05) is 37.3 Å². The molecule has 1 aromatic rings. The first-order valence-corrected chi connectivity index (χ1v) is 7.80. The van der Waals surface area contributed by atoms with Gasteiger partial charge in [0.25, 0.3) is 0 Å². The zero-order chi connectivity index (χ0) is 15.1. The van der Waals surface area contributed by atoms with Gasteiger partial charge in [0, 0.05) is 25.6 Å². The Bertz CT molecular complexity index is 431. The molecule has 4 heteroatoms. The van der Waals surface area contributed by atoms with Crippen LogP contribution in [0.3, 0.4) is 0 Å². The van der Waals surface area contributed by atoms with Crippen molar-refractivity contribution in [1.82, 2.24) is 4.90 Å². The maximum Gasteiger partial charge on any atom is 0.305 e. The molecule has 0 spiro atoms. The molecule has 1 aromatic carbocycles. The lowest BCUT2D eigenvalue weighted by atomic mass is 10.2. The fourth-order valence-corrected chi connectivity index (χ4v) is 2.39. The Morgan fingerprint density at radius 1 is 1.38 bits per heavy atom. The Labute approximate surface area is 126 Å². The molecule has 4 nitrogen and oxygen atoms in total. The largest absolute Gasteiger partial charge is 0.463 e. The highest BCUT2D eigenvalue weighted by atomic mass is 16.5. The predicted octanol–water partition coefficient (Wildman–Crippen LogP) is 2.36. The van der Waals surface area contributed by atoms with Crippen LogP contribution in [0.4, 0.5) is 0 Å². The van der Waals surface area contributed by atoms with Crippen molar-refractivity contribution in [2.75, 3.05) is 13.2 Å². The van der Waals surface area contributed by atoms with E-state index in [-0.39, 0.29) is 12.6 Å². The van der Waals surface area contributed by atoms with Gasteiger partial charge in [0.2, 0.25) is 0 Å². The monoisotopic (exact) mass is 291 g/mol. The quantitative estimate of drug-likeness (QED) is 0.710. The fourth-order valence-electron chi connectivity index (χ4n) is 2.39. The Hall–Kier alpha value is -1.39. The molecule has 1 saturated carbocycles. The molecule has 1 fully saturated rings. The summed E-state index contributed by atoms with van der Waals surface area (Å²) in [7, 11) is 0. The van der Waals surface area contributed by atoms with E-state index in [0.29, 0.717) is 19.0 Å². The topological polar surface area (TPSA) is 49.8 Å². The Balaban J connectivity index is 1.78. The molecule has 1 aliphatic carbocycles. The van der Waals surface area contributed by atoms with Crippen LogP contribution in [0.2, 0.25) is 0 Å². The average Bonchev–Trinajstić information content (AvgIpc) is 3.30. The van der Waals surface area contributed by atoms with Crippen LogP contribution in [0.25, 0.3) is 0 Å². The van der Waals surface area contributed by atoms with Crippen LogP contribution in [-0.2, 0) is 16.1 Å². The first kappa shape index (κ1) is 16.0. The summed E-state index contributed by atoms with van der Waals surface area (Å²) < 4.78 is 5.08. The van der Waals surface area contributed by atoms with Gasteiger partial charge >= 0.3 is 5.97 Å². The van der Waals surface area contributed by atoms with E-state index in [0.717, 1.165) is 13.0 Å². The lowest BCUT2D eigenvalue weighted by Crippen LogP contribution is -2.36. The SMILES string of the molecule is CCCC(=O)OCC(O)CN(Cc1ccccc1)C1CC1. The van der Waals surface area contributed by atoms with E-state index in [9.17, 15) is 9.90 Å². The molecule has 1 atom stereocenters. The van der Waals surface area contributed by atoms with Gasteiger partial charge in [0.05, 0.1) is 0 Å². The van der Waals surface area contributed by atoms with Crippen molar-refractivity contribution in [1.29, 1.82) is 0 Å². The molecule has 0 aromatic heterocycles. The minimum absolute atomic E-state index is 0.0941. The van der Waals surface area contributed by atoms with Crippen molar-refractivity contribution < 1.29 is 14.6 Å². The number of esters is 1. The average molecular weight is 291 g/mol. The third-order valence-electron chi connectivity index (χ3n) is 3.63. The van der Waals surface area contributed by atoms with Gasteiger partial charge in [-0.05, 0) is 24.8 Å². The van der Waals surface area contributed by atoms with E-state index in [1.807, 2.05) is 25.1 Å². The van der Waals surface area contributed by atoms with E-state index in [1.165, 1.54) is 18.4 Å². The number of hydrogen-bond donors (Lipinski definition) is 1. The van der Waals surface area contributed by atoms with E-state index in [1.54, 1.807) is 0 Å². The zero-order valence-corrected chi connectivity index (χ0v) is 12.7. The van der Waals surface area contributed by atoms with Crippen LogP contribution < -0.4 is 0 Å². The van der Waals surface area contributed by atoms with Crippen LogP contribution in [0.5, 0.6) is 0 Å². The summed E-state index contributed by atoms with van der Waals surface area (Å²) in [5, 5.41) is 10.1. The Morgan fingerprint density at radius 2 is 2.10 bits per heavy atom. The molecule has 1 aliphatic rings. The smallest absolute Gasteiger partial charge is 0.305 e. The van der Waals surface area contributed by atoms with Crippen molar-refractivity contribution >= 4 is 5.97 Å². The number of aliphatic hydroxyl groups excluding tert-OH is 1. The number of benzene rings is 1. The summed E-state index contributed by atoms with van der Waals surface area (Å²) in [5.41, 5.74) is 1.25. The van der Waals surface area contributed by atoms with Crippen molar-refractivity contribution in [3.63, 3.8) is 0 Å². The third-order valence-corrected chi connectivity index (χ3v) is 3.63. The molecule has 1 unspecified atom stereocenters. The van der Waals surface area contributed by atoms with Crippen LogP contribution in [0, 0.1) is 0 Å². The van der Waals surface area contributed by atoms with Crippen molar-refractivity contribution in [3.8, 4) is 0 Å². The minimum Gasteiger partial charge on any atom is -0.463 e. The number of hydrogen-bond acceptors (Lipinski definition) is 4. The van der Waals surface area contributed by atoms with Gasteiger partial charge in [0.1, 0.15) is 12.7 Å². The fraction of sp³-hybridized carbons (Fsp3) is 0.588. The molecule has 0 heterocycles. The molecular formula is C17H25NO3. The summed E-state index contributed by atoms with van der Waals surface area (Å²) in [6.45, 7) is 3.42. The number of rotatable bonds is 9. The van der Waals surface area contributed by atoms with Gasteiger partial charge in [0.15, 0.2) is 0 Å². The van der Waals surface area contributed by atoms with Crippen molar-refractivity contribution in [2.45, 2.75) is 51.3 Å². The van der Waals surface area contributed by atoms with Crippen LogP contribution in [0.1, 0.15) is 38.2 Å². The minimum atomic E-state index is -0.616. The number of carbonyl (C=O) groups excluding carboxylic acids is 1. The molecule has 1 N–H and O–H groups in total. The summed E-state index contributed by atoms with van der Waals surface area (Å²) in [4.78, 5) is 13.6. The van der Waals surface area contributed by atoms with E-state index in [4.69, 9.17) is 4.74 Å². The standard InChI is InChI=1S/C17H25NO3/c1-2-6-17(20)21-13-16(19)12-18(15-9-10-15)11-14-7-4-3-5-8-14/h3-5,7-8,15-16,19H,2,6,9-13H2,1H3. The van der Waals surface area contributed by atoms with E-state index >= 15 is 0 Å².